The van der Waals surface area contributed by atoms with Crippen molar-refractivity contribution < 1.29 is 19.7 Å². The first-order chi connectivity index (χ1) is 7.22. The Morgan fingerprint density at radius 3 is 2.25 bits per heavy atom. The van der Waals surface area contributed by atoms with Crippen LogP contribution < -0.4 is 0 Å². The zero-order chi connectivity index (χ0) is 12.5. The summed E-state index contributed by atoms with van der Waals surface area (Å²) in [5, 5.41) is 19.1. The summed E-state index contributed by atoms with van der Waals surface area (Å²) in [5.41, 5.74) is -0.548. The van der Waals surface area contributed by atoms with Gasteiger partial charge in [-0.1, -0.05) is 0 Å². The number of likely N-dealkylation sites (N-methyl/N-ethyl adjacent to an activating group) is 1. The van der Waals surface area contributed by atoms with Gasteiger partial charge in [-0.05, 0) is 33.6 Å². The van der Waals surface area contributed by atoms with Gasteiger partial charge in [0.25, 0.3) is 0 Å². The molecule has 5 heteroatoms. The molecule has 2 N–H and O–H groups in total. The Balaban J connectivity index is 2.58. The number of hydrogen-bond donors (Lipinski definition) is 2. The molecule has 3 atom stereocenters. The van der Waals surface area contributed by atoms with Gasteiger partial charge in [0.2, 0.25) is 0 Å². The number of carbonyl (C=O) groups is 1. The summed E-state index contributed by atoms with van der Waals surface area (Å²) in [7, 11) is 1.58. The predicted octanol–water partition coefficient (Wildman–Crippen LogP) is 0.738. The summed E-state index contributed by atoms with van der Waals surface area (Å²) in [6, 6.07) is -0.357. The number of hydrogen-bond acceptors (Lipinski definition) is 4. The molecule has 0 saturated heterocycles. The van der Waals surface area contributed by atoms with Crippen molar-refractivity contribution in [2.24, 2.45) is 0 Å². The third kappa shape index (κ3) is 3.09. The molecule has 5 nitrogen and oxygen atoms in total. The molecule has 1 fully saturated rings. The molecule has 0 heterocycles. The Morgan fingerprint density at radius 2 is 1.88 bits per heavy atom. The van der Waals surface area contributed by atoms with Crippen LogP contribution in [0.3, 0.4) is 0 Å². The first-order valence-corrected chi connectivity index (χ1v) is 5.54. The van der Waals surface area contributed by atoms with E-state index in [0.717, 1.165) is 0 Å². The van der Waals surface area contributed by atoms with Crippen molar-refractivity contribution in [3.63, 3.8) is 0 Å². The number of ether oxygens (including phenoxy) is 1. The van der Waals surface area contributed by atoms with Gasteiger partial charge in [0, 0.05) is 7.05 Å². The molecule has 1 rings (SSSR count). The molecule has 1 aliphatic carbocycles. The number of nitrogens with zero attached hydrogens (tertiary/aromatic N) is 1. The van der Waals surface area contributed by atoms with E-state index in [1.807, 2.05) is 0 Å². The number of aliphatic hydroxyl groups excluding tert-OH is 2. The van der Waals surface area contributed by atoms with E-state index >= 15 is 0 Å². The lowest BCUT2D eigenvalue weighted by atomic mass is 10.2. The van der Waals surface area contributed by atoms with Crippen molar-refractivity contribution >= 4 is 6.09 Å². The molecule has 0 bridgehead atoms. The fourth-order valence-electron chi connectivity index (χ4n) is 1.83. The quantitative estimate of drug-likeness (QED) is 0.698. The van der Waals surface area contributed by atoms with E-state index in [2.05, 4.69) is 0 Å². The van der Waals surface area contributed by atoms with Gasteiger partial charge < -0.3 is 19.8 Å². The van der Waals surface area contributed by atoms with Gasteiger partial charge in [-0.15, -0.1) is 0 Å². The molecule has 0 aromatic carbocycles. The minimum absolute atomic E-state index is 0.357. The van der Waals surface area contributed by atoms with Crippen LogP contribution in [0.2, 0.25) is 0 Å². The summed E-state index contributed by atoms with van der Waals surface area (Å²) in [4.78, 5) is 13.1. The summed E-state index contributed by atoms with van der Waals surface area (Å²) in [6.07, 6.45) is -0.977. The van der Waals surface area contributed by atoms with E-state index in [0.29, 0.717) is 12.8 Å². The molecule has 16 heavy (non-hydrogen) atoms. The fourth-order valence-corrected chi connectivity index (χ4v) is 1.83. The van der Waals surface area contributed by atoms with Crippen LogP contribution in [0.4, 0.5) is 4.79 Å². The summed E-state index contributed by atoms with van der Waals surface area (Å²) in [6.45, 7) is 5.37. The topological polar surface area (TPSA) is 70.0 Å². The second-order valence-electron chi connectivity index (χ2n) is 5.29. The maximum Gasteiger partial charge on any atom is 0.410 e. The largest absolute Gasteiger partial charge is 0.444 e. The highest BCUT2D eigenvalue weighted by Gasteiger charge is 2.38. The van der Waals surface area contributed by atoms with Crippen LogP contribution in [0.25, 0.3) is 0 Å². The SMILES string of the molecule is CN(C(=O)OC(C)(C)C)[C@@H]1CC[C@H](O)[C@@H]1O. The molecule has 1 amide bonds. The first kappa shape index (κ1) is 13.3. The second kappa shape index (κ2) is 4.59. The number of aliphatic hydroxyl groups is 2. The normalized spacial score (nSPS) is 30.2. The lowest BCUT2D eigenvalue weighted by molar-refractivity contribution is -0.0137. The molecule has 0 aromatic heterocycles. The Morgan fingerprint density at radius 1 is 1.31 bits per heavy atom. The van der Waals surface area contributed by atoms with Gasteiger partial charge in [-0.3, -0.25) is 0 Å². The van der Waals surface area contributed by atoms with Crippen LogP contribution in [0.1, 0.15) is 33.6 Å². The van der Waals surface area contributed by atoms with Crippen molar-refractivity contribution in [2.75, 3.05) is 7.05 Å². The van der Waals surface area contributed by atoms with Crippen molar-refractivity contribution in [3.05, 3.63) is 0 Å². The van der Waals surface area contributed by atoms with Gasteiger partial charge in [0.05, 0.1) is 12.1 Å². The van der Waals surface area contributed by atoms with Gasteiger partial charge in [-0.25, -0.2) is 4.79 Å². The van der Waals surface area contributed by atoms with E-state index in [4.69, 9.17) is 4.74 Å². The van der Waals surface area contributed by atoms with Crippen molar-refractivity contribution in [2.45, 2.75) is 57.5 Å². The minimum atomic E-state index is -0.877. The number of carbonyl (C=O) groups excluding carboxylic acids is 1. The zero-order valence-corrected chi connectivity index (χ0v) is 10.3. The average Bonchev–Trinajstić information content (AvgIpc) is 2.44. The molecule has 0 aromatic rings. The molecule has 0 radical (unpaired) electrons. The van der Waals surface area contributed by atoms with Crippen LogP contribution in [-0.2, 0) is 4.74 Å². The minimum Gasteiger partial charge on any atom is -0.444 e. The highest BCUT2D eigenvalue weighted by Crippen LogP contribution is 2.25. The first-order valence-electron chi connectivity index (χ1n) is 5.54. The van der Waals surface area contributed by atoms with Crippen LogP contribution in [0, 0.1) is 0 Å². The monoisotopic (exact) mass is 231 g/mol. The van der Waals surface area contributed by atoms with Gasteiger partial charge in [-0.2, -0.15) is 0 Å². The third-order valence-electron chi connectivity index (χ3n) is 2.73. The highest BCUT2D eigenvalue weighted by atomic mass is 16.6. The lowest BCUT2D eigenvalue weighted by Crippen LogP contribution is -2.46. The van der Waals surface area contributed by atoms with Crippen molar-refractivity contribution in [1.82, 2.24) is 4.90 Å². The smallest absolute Gasteiger partial charge is 0.410 e. The summed E-state index contributed by atoms with van der Waals surface area (Å²) in [5.74, 6) is 0. The molecule has 0 aliphatic heterocycles. The lowest BCUT2D eigenvalue weighted by Gasteiger charge is -2.30. The van der Waals surface area contributed by atoms with Crippen LogP contribution in [0.15, 0.2) is 0 Å². The average molecular weight is 231 g/mol. The van der Waals surface area contributed by atoms with Gasteiger partial charge in [0.15, 0.2) is 0 Å². The van der Waals surface area contributed by atoms with Gasteiger partial charge in [0.1, 0.15) is 11.7 Å². The number of rotatable bonds is 1. The van der Waals surface area contributed by atoms with Crippen LogP contribution in [-0.4, -0.2) is 52.1 Å². The molecule has 0 unspecified atom stereocenters. The molecule has 1 saturated carbocycles. The van der Waals surface area contributed by atoms with E-state index in [-0.39, 0.29) is 6.04 Å². The van der Waals surface area contributed by atoms with E-state index in [1.54, 1.807) is 27.8 Å². The predicted molar refractivity (Wildman–Crippen MR) is 59.0 cm³/mol. The standard InChI is InChI=1S/C11H21NO4/c1-11(2,3)16-10(15)12(4)7-5-6-8(13)9(7)14/h7-9,13-14H,5-6H2,1-4H3/t7-,8+,9-/m1/s1. The zero-order valence-electron chi connectivity index (χ0n) is 10.3. The molecule has 1 aliphatic rings. The summed E-state index contributed by atoms with van der Waals surface area (Å²) >= 11 is 0. The molecular weight excluding hydrogens is 210 g/mol. The number of amides is 1. The Labute approximate surface area is 96.0 Å². The Hall–Kier alpha value is -0.810. The molecular formula is C11H21NO4. The second-order valence-corrected chi connectivity index (χ2v) is 5.29. The maximum atomic E-state index is 11.7. The van der Waals surface area contributed by atoms with Crippen LogP contribution >= 0.6 is 0 Å². The van der Waals surface area contributed by atoms with E-state index in [9.17, 15) is 15.0 Å². The van der Waals surface area contributed by atoms with Crippen molar-refractivity contribution in [1.29, 1.82) is 0 Å². The highest BCUT2D eigenvalue weighted by molar-refractivity contribution is 5.68. The summed E-state index contributed by atoms with van der Waals surface area (Å²) < 4.78 is 5.19. The Kier molecular flexibility index (Phi) is 3.80. The van der Waals surface area contributed by atoms with Crippen molar-refractivity contribution in [3.8, 4) is 0 Å². The van der Waals surface area contributed by atoms with E-state index < -0.39 is 23.9 Å². The third-order valence-corrected chi connectivity index (χ3v) is 2.73. The van der Waals surface area contributed by atoms with Gasteiger partial charge >= 0.3 is 6.09 Å². The Bertz CT molecular complexity index is 261. The van der Waals surface area contributed by atoms with Crippen LogP contribution in [0.5, 0.6) is 0 Å². The molecule has 94 valence electrons. The molecule has 0 spiro atoms. The van der Waals surface area contributed by atoms with E-state index in [1.165, 1.54) is 4.90 Å². The maximum absolute atomic E-state index is 11.7. The fraction of sp³-hybridized carbons (Fsp3) is 0.909.